The number of anilines is 1. The molecule has 0 aliphatic carbocycles. The molecule has 0 saturated carbocycles. The lowest BCUT2D eigenvalue weighted by molar-refractivity contribution is -0.385. The Hall–Kier alpha value is -2.02. The van der Waals surface area contributed by atoms with E-state index in [1.807, 2.05) is 0 Å². The van der Waals surface area contributed by atoms with Gasteiger partial charge in [0.15, 0.2) is 0 Å². The van der Waals surface area contributed by atoms with Gasteiger partial charge in [0.25, 0.3) is 5.91 Å². The quantitative estimate of drug-likeness (QED) is 0.621. The van der Waals surface area contributed by atoms with Gasteiger partial charge in [0.1, 0.15) is 0 Å². The largest absolute Gasteiger partial charge is 0.502 e. The number of rotatable bonds is 3. The average Bonchev–Trinajstić information content (AvgIpc) is 2.43. The molecule has 0 aliphatic heterocycles. The van der Waals surface area contributed by atoms with Crippen LogP contribution in [0.3, 0.4) is 0 Å². The van der Waals surface area contributed by atoms with Crippen molar-refractivity contribution in [1.82, 2.24) is 0 Å². The Morgan fingerprint density at radius 1 is 1.14 bits per heavy atom. The van der Waals surface area contributed by atoms with Gasteiger partial charge in [0.2, 0.25) is 5.75 Å². The summed E-state index contributed by atoms with van der Waals surface area (Å²) in [5.74, 6) is -1.58. The van der Waals surface area contributed by atoms with Crippen LogP contribution in [0.15, 0.2) is 30.3 Å². The van der Waals surface area contributed by atoms with Crippen LogP contribution in [0.4, 0.5) is 11.4 Å². The lowest BCUT2D eigenvalue weighted by atomic mass is 10.1. The minimum atomic E-state index is -0.840. The Morgan fingerprint density at radius 2 is 1.82 bits per heavy atom. The van der Waals surface area contributed by atoms with Gasteiger partial charge in [-0.1, -0.05) is 34.8 Å². The van der Waals surface area contributed by atoms with E-state index < -0.39 is 22.3 Å². The Labute approximate surface area is 139 Å². The maximum absolute atomic E-state index is 12.2. The summed E-state index contributed by atoms with van der Waals surface area (Å²) in [7, 11) is 0. The molecule has 9 heteroatoms. The van der Waals surface area contributed by atoms with Gasteiger partial charge in [-0.2, -0.15) is 0 Å². The molecule has 114 valence electrons. The highest BCUT2D eigenvalue weighted by atomic mass is 35.5. The first-order valence-corrected chi connectivity index (χ1v) is 6.86. The minimum absolute atomic E-state index is 0.0585. The van der Waals surface area contributed by atoms with Crippen LogP contribution in [0.1, 0.15) is 10.4 Å². The number of nitro benzene ring substituents is 1. The van der Waals surface area contributed by atoms with Gasteiger partial charge in [-0.3, -0.25) is 14.9 Å². The van der Waals surface area contributed by atoms with Crippen molar-refractivity contribution in [2.75, 3.05) is 5.32 Å². The number of benzene rings is 2. The van der Waals surface area contributed by atoms with Crippen molar-refractivity contribution in [1.29, 1.82) is 0 Å². The lowest BCUT2D eigenvalue weighted by Crippen LogP contribution is -2.13. The van der Waals surface area contributed by atoms with Crippen LogP contribution in [0, 0.1) is 10.1 Å². The summed E-state index contributed by atoms with van der Waals surface area (Å²) in [6.45, 7) is 0. The van der Waals surface area contributed by atoms with E-state index in [0.717, 1.165) is 12.1 Å². The van der Waals surface area contributed by atoms with E-state index in [9.17, 15) is 20.0 Å². The second-order valence-corrected chi connectivity index (χ2v) is 5.44. The first-order chi connectivity index (χ1) is 10.3. The Bertz CT molecular complexity index is 780. The van der Waals surface area contributed by atoms with Gasteiger partial charge in [-0.15, -0.1) is 0 Å². The standard InChI is InChI=1S/C13H7Cl3N2O4/c14-6-1-2-10(9(16)4-6)17-13(20)8-3-7(15)5-11(12(8)19)18(21)22/h1-5,19H,(H,17,20). The highest BCUT2D eigenvalue weighted by Gasteiger charge is 2.23. The van der Waals surface area contributed by atoms with E-state index in [1.54, 1.807) is 0 Å². The van der Waals surface area contributed by atoms with Gasteiger partial charge < -0.3 is 10.4 Å². The zero-order valence-corrected chi connectivity index (χ0v) is 12.9. The summed E-state index contributed by atoms with van der Waals surface area (Å²) in [4.78, 5) is 22.1. The molecule has 0 fully saturated rings. The SMILES string of the molecule is O=C(Nc1ccc(Cl)cc1Cl)c1cc(Cl)cc([N+](=O)[O-])c1O. The van der Waals surface area contributed by atoms with Crippen LogP contribution in [-0.4, -0.2) is 15.9 Å². The molecule has 1 amide bonds. The van der Waals surface area contributed by atoms with Gasteiger partial charge in [0, 0.05) is 16.1 Å². The monoisotopic (exact) mass is 360 g/mol. The molecule has 2 aromatic rings. The van der Waals surface area contributed by atoms with Crippen LogP contribution in [0.25, 0.3) is 0 Å². The van der Waals surface area contributed by atoms with E-state index >= 15 is 0 Å². The van der Waals surface area contributed by atoms with E-state index in [4.69, 9.17) is 34.8 Å². The van der Waals surface area contributed by atoms with E-state index in [-0.39, 0.29) is 21.3 Å². The summed E-state index contributed by atoms with van der Waals surface area (Å²) < 4.78 is 0. The number of amides is 1. The van der Waals surface area contributed by atoms with Crippen molar-refractivity contribution in [3.63, 3.8) is 0 Å². The number of nitro groups is 1. The highest BCUT2D eigenvalue weighted by Crippen LogP contribution is 2.34. The van der Waals surface area contributed by atoms with E-state index in [1.165, 1.54) is 18.2 Å². The fourth-order valence-corrected chi connectivity index (χ4v) is 2.35. The van der Waals surface area contributed by atoms with Gasteiger partial charge in [0.05, 0.1) is 21.2 Å². The number of carbonyl (C=O) groups excluding carboxylic acids is 1. The molecule has 2 aromatic carbocycles. The summed E-state index contributed by atoms with van der Waals surface area (Å²) >= 11 is 17.4. The van der Waals surface area contributed by atoms with Crippen molar-refractivity contribution in [3.05, 3.63) is 61.1 Å². The third-order valence-corrected chi connectivity index (χ3v) is 3.44. The Kier molecular flexibility index (Phi) is 4.75. The first-order valence-electron chi connectivity index (χ1n) is 5.73. The zero-order chi connectivity index (χ0) is 16.4. The number of nitrogens with one attached hydrogen (secondary N) is 1. The molecule has 0 unspecified atom stereocenters. The Balaban J connectivity index is 2.39. The van der Waals surface area contributed by atoms with Crippen molar-refractivity contribution in [2.45, 2.75) is 0 Å². The number of hydrogen-bond acceptors (Lipinski definition) is 4. The summed E-state index contributed by atoms with van der Waals surface area (Å²) in [6, 6.07) is 6.44. The highest BCUT2D eigenvalue weighted by molar-refractivity contribution is 6.37. The molecule has 2 N–H and O–H groups in total. The molecular weight excluding hydrogens is 355 g/mol. The van der Waals surface area contributed by atoms with Crippen LogP contribution < -0.4 is 5.32 Å². The summed E-state index contributed by atoms with van der Waals surface area (Å²) in [5.41, 5.74) is -0.775. The van der Waals surface area contributed by atoms with Crippen LogP contribution in [0.5, 0.6) is 5.75 Å². The molecule has 0 spiro atoms. The molecule has 6 nitrogen and oxygen atoms in total. The molecule has 0 atom stereocenters. The molecule has 0 bridgehead atoms. The maximum atomic E-state index is 12.2. The molecule has 0 heterocycles. The number of nitrogens with zero attached hydrogens (tertiary/aromatic N) is 1. The zero-order valence-electron chi connectivity index (χ0n) is 10.6. The fraction of sp³-hybridized carbons (Fsp3) is 0. The maximum Gasteiger partial charge on any atom is 0.313 e. The van der Waals surface area contributed by atoms with Crippen LogP contribution in [-0.2, 0) is 0 Å². The van der Waals surface area contributed by atoms with Crippen LogP contribution >= 0.6 is 34.8 Å². The smallest absolute Gasteiger partial charge is 0.313 e. The predicted octanol–water partition coefficient (Wildman–Crippen LogP) is 4.51. The van der Waals surface area contributed by atoms with E-state index in [0.29, 0.717) is 5.02 Å². The number of phenols is 1. The molecule has 2 rings (SSSR count). The minimum Gasteiger partial charge on any atom is -0.502 e. The van der Waals surface area contributed by atoms with Crippen LogP contribution in [0.2, 0.25) is 15.1 Å². The molecule has 0 saturated heterocycles. The van der Waals surface area contributed by atoms with Crippen molar-refractivity contribution >= 4 is 52.1 Å². The topological polar surface area (TPSA) is 92.5 Å². The number of halogens is 3. The van der Waals surface area contributed by atoms with Gasteiger partial charge in [-0.25, -0.2) is 0 Å². The average molecular weight is 362 g/mol. The van der Waals surface area contributed by atoms with Crippen molar-refractivity contribution < 1.29 is 14.8 Å². The molecular formula is C13H7Cl3N2O4. The number of phenolic OH excluding ortho intramolecular Hbond substituents is 1. The third-order valence-electron chi connectivity index (χ3n) is 2.68. The van der Waals surface area contributed by atoms with Gasteiger partial charge >= 0.3 is 5.69 Å². The van der Waals surface area contributed by atoms with Gasteiger partial charge in [-0.05, 0) is 24.3 Å². The predicted molar refractivity (Wildman–Crippen MR) is 84.2 cm³/mol. The number of hydrogen-bond donors (Lipinski definition) is 2. The second kappa shape index (κ2) is 6.39. The second-order valence-electron chi connectivity index (χ2n) is 4.16. The normalized spacial score (nSPS) is 10.3. The third kappa shape index (κ3) is 3.41. The van der Waals surface area contributed by atoms with Crippen molar-refractivity contribution in [3.8, 4) is 5.75 Å². The molecule has 22 heavy (non-hydrogen) atoms. The van der Waals surface area contributed by atoms with E-state index in [2.05, 4.69) is 5.32 Å². The number of aromatic hydroxyl groups is 1. The lowest BCUT2D eigenvalue weighted by Gasteiger charge is -2.09. The van der Waals surface area contributed by atoms with Crippen molar-refractivity contribution in [2.24, 2.45) is 0 Å². The Morgan fingerprint density at radius 3 is 2.41 bits per heavy atom. The molecule has 0 aliphatic rings. The molecule has 0 aromatic heterocycles. The first kappa shape index (κ1) is 16.4. The summed E-state index contributed by atoms with van der Waals surface area (Å²) in [5, 5.41) is 23.6. The summed E-state index contributed by atoms with van der Waals surface area (Å²) in [6.07, 6.45) is 0. The number of carbonyl (C=O) groups is 1. The fourth-order valence-electron chi connectivity index (χ4n) is 1.68. The molecule has 0 radical (unpaired) electrons.